The largest absolute Gasteiger partial charge is 0.495 e. The Kier molecular flexibility index (Phi) is 11.5. The molecule has 2 amide bonds. The van der Waals surface area contributed by atoms with Crippen LogP contribution in [0.4, 0.5) is 10.1 Å². The zero-order valence-electron chi connectivity index (χ0n) is 26.6. The van der Waals surface area contributed by atoms with Gasteiger partial charge >= 0.3 is 0 Å². The van der Waals surface area contributed by atoms with Crippen molar-refractivity contribution in [2.45, 2.75) is 51.1 Å². The topological polar surface area (TPSA) is 96.0 Å². The number of nitrogens with one attached hydrogen (secondary N) is 1. The van der Waals surface area contributed by atoms with Crippen molar-refractivity contribution in [1.82, 2.24) is 10.2 Å². The van der Waals surface area contributed by atoms with Crippen LogP contribution in [0, 0.1) is 19.7 Å². The molecule has 0 aliphatic rings. The molecule has 1 N–H and O–H groups in total. The zero-order chi connectivity index (χ0) is 33.3. The fourth-order valence-electron chi connectivity index (χ4n) is 5.08. The number of carbonyl (C=O) groups is 2. The van der Waals surface area contributed by atoms with Gasteiger partial charge < -0.3 is 15.0 Å². The Morgan fingerprint density at radius 2 is 1.54 bits per heavy atom. The summed E-state index contributed by atoms with van der Waals surface area (Å²) in [5.41, 5.74) is 2.76. The van der Waals surface area contributed by atoms with E-state index in [1.54, 1.807) is 55.5 Å². The lowest BCUT2D eigenvalue weighted by molar-refractivity contribution is -0.140. The second kappa shape index (κ2) is 15.5. The van der Waals surface area contributed by atoms with E-state index in [4.69, 9.17) is 4.74 Å². The smallest absolute Gasteiger partial charge is 0.264 e. The molecule has 1 atom stereocenters. The van der Waals surface area contributed by atoms with Crippen molar-refractivity contribution in [2.24, 2.45) is 0 Å². The van der Waals surface area contributed by atoms with Gasteiger partial charge in [-0.25, -0.2) is 12.8 Å². The third kappa shape index (κ3) is 8.31. The number of ether oxygens (including phenoxy) is 1. The lowest BCUT2D eigenvalue weighted by Gasteiger charge is -2.34. The van der Waals surface area contributed by atoms with Gasteiger partial charge in [-0.3, -0.25) is 13.9 Å². The molecule has 0 aromatic heterocycles. The second-order valence-electron chi connectivity index (χ2n) is 11.1. The highest BCUT2D eigenvalue weighted by molar-refractivity contribution is 7.92. The first kappa shape index (κ1) is 34.2. The van der Waals surface area contributed by atoms with Crippen LogP contribution >= 0.6 is 0 Å². The number of aryl methyl sites for hydroxylation is 2. The van der Waals surface area contributed by atoms with Gasteiger partial charge in [0.15, 0.2) is 0 Å². The number of nitrogens with zero attached hydrogens (tertiary/aromatic N) is 2. The van der Waals surface area contributed by atoms with E-state index in [1.165, 1.54) is 30.2 Å². The summed E-state index contributed by atoms with van der Waals surface area (Å²) >= 11 is 0. The maximum Gasteiger partial charge on any atom is 0.264 e. The van der Waals surface area contributed by atoms with Crippen molar-refractivity contribution >= 4 is 27.5 Å². The first-order valence-corrected chi connectivity index (χ1v) is 16.6. The summed E-state index contributed by atoms with van der Waals surface area (Å²) in [5.74, 6) is -1.40. The van der Waals surface area contributed by atoms with Crippen LogP contribution in [0.25, 0.3) is 0 Å². The van der Waals surface area contributed by atoms with E-state index in [9.17, 15) is 18.0 Å². The summed E-state index contributed by atoms with van der Waals surface area (Å²) in [5, 5.41) is 2.88. The Labute approximate surface area is 270 Å². The predicted molar refractivity (Wildman–Crippen MR) is 178 cm³/mol. The summed E-state index contributed by atoms with van der Waals surface area (Å²) in [6, 6.07) is 25.5. The van der Waals surface area contributed by atoms with Gasteiger partial charge in [-0.2, -0.15) is 0 Å². The van der Waals surface area contributed by atoms with E-state index in [2.05, 4.69) is 5.32 Å². The van der Waals surface area contributed by atoms with Crippen LogP contribution in [0.1, 0.15) is 35.6 Å². The Hall–Kier alpha value is -4.70. The first-order chi connectivity index (χ1) is 22.0. The first-order valence-electron chi connectivity index (χ1n) is 15.1. The van der Waals surface area contributed by atoms with Gasteiger partial charge in [0.1, 0.15) is 24.2 Å². The lowest BCUT2D eigenvalue weighted by Crippen LogP contribution is -2.53. The number of methoxy groups -OCH3 is 1. The molecule has 0 fully saturated rings. The fraction of sp³-hybridized carbons (Fsp3) is 0.278. The monoisotopic (exact) mass is 645 g/mol. The zero-order valence-corrected chi connectivity index (χ0v) is 27.4. The molecule has 1 unspecified atom stereocenters. The summed E-state index contributed by atoms with van der Waals surface area (Å²) in [7, 11) is -2.90. The molecule has 0 saturated heterocycles. The standard InChI is InChI=1S/C36H40FN3O5S/c1-5-21-38-36(42)33(23-28-11-7-6-8-12-28)39(24-29-13-9-10-14-31(29)37)35(41)25-40(32-22-27(3)17-20-34(32)45-4)46(43,44)30-18-15-26(2)16-19-30/h6-20,22,33H,5,21,23-25H2,1-4H3,(H,38,42). The Balaban J connectivity index is 1.85. The molecule has 0 aliphatic carbocycles. The van der Waals surface area contributed by atoms with Crippen LogP contribution in [-0.4, -0.2) is 51.4 Å². The van der Waals surface area contributed by atoms with Crippen molar-refractivity contribution < 1.29 is 27.1 Å². The third-order valence-corrected chi connectivity index (χ3v) is 9.38. The van der Waals surface area contributed by atoms with E-state index >= 15 is 4.39 Å². The SMILES string of the molecule is CCCNC(=O)C(Cc1ccccc1)N(Cc1ccccc1F)C(=O)CN(c1cc(C)ccc1OC)S(=O)(=O)c1ccc(C)cc1. The van der Waals surface area contributed by atoms with Crippen LogP contribution in [0.2, 0.25) is 0 Å². The van der Waals surface area contributed by atoms with Crippen molar-refractivity contribution in [3.63, 3.8) is 0 Å². The number of anilines is 1. The highest BCUT2D eigenvalue weighted by Crippen LogP contribution is 2.34. The van der Waals surface area contributed by atoms with Gasteiger partial charge in [-0.15, -0.1) is 0 Å². The number of halogens is 1. The number of rotatable bonds is 14. The number of benzene rings is 4. The molecule has 4 aromatic rings. The van der Waals surface area contributed by atoms with E-state index in [-0.39, 0.29) is 34.9 Å². The van der Waals surface area contributed by atoms with Crippen molar-refractivity contribution in [3.8, 4) is 5.75 Å². The van der Waals surface area contributed by atoms with Crippen LogP contribution in [-0.2, 0) is 32.6 Å². The van der Waals surface area contributed by atoms with Crippen molar-refractivity contribution in [3.05, 3.63) is 125 Å². The summed E-state index contributed by atoms with van der Waals surface area (Å²) < 4.78 is 50.2. The van der Waals surface area contributed by atoms with Crippen LogP contribution in [0.15, 0.2) is 102 Å². The van der Waals surface area contributed by atoms with Gasteiger partial charge in [-0.05, 0) is 61.7 Å². The summed E-state index contributed by atoms with van der Waals surface area (Å²) in [6.45, 7) is 5.01. The average molecular weight is 646 g/mol. The number of hydrogen-bond donors (Lipinski definition) is 1. The molecule has 0 saturated carbocycles. The average Bonchev–Trinajstić information content (AvgIpc) is 3.05. The molecular formula is C36H40FN3O5S. The number of carbonyl (C=O) groups excluding carboxylic acids is 2. The molecule has 8 nitrogen and oxygen atoms in total. The summed E-state index contributed by atoms with van der Waals surface area (Å²) in [4.78, 5) is 29.5. The molecular weight excluding hydrogens is 605 g/mol. The maximum absolute atomic E-state index is 15.1. The Morgan fingerprint density at radius 1 is 0.891 bits per heavy atom. The fourth-order valence-corrected chi connectivity index (χ4v) is 6.49. The second-order valence-corrected chi connectivity index (χ2v) is 13.0. The van der Waals surface area contributed by atoms with Crippen molar-refractivity contribution in [1.29, 1.82) is 0 Å². The Morgan fingerprint density at radius 3 is 2.20 bits per heavy atom. The highest BCUT2D eigenvalue weighted by Gasteiger charge is 2.36. The van der Waals surface area contributed by atoms with Crippen molar-refractivity contribution in [2.75, 3.05) is 24.5 Å². The van der Waals surface area contributed by atoms with E-state index in [0.29, 0.717) is 13.0 Å². The Bertz CT molecular complexity index is 1750. The van der Waals surface area contributed by atoms with Gasteiger partial charge in [-0.1, -0.05) is 79.2 Å². The lowest BCUT2D eigenvalue weighted by atomic mass is 10.0. The minimum Gasteiger partial charge on any atom is -0.495 e. The number of hydrogen-bond acceptors (Lipinski definition) is 5. The molecule has 0 radical (unpaired) electrons. The predicted octanol–water partition coefficient (Wildman–Crippen LogP) is 5.81. The van der Waals surface area contributed by atoms with E-state index < -0.39 is 40.2 Å². The molecule has 0 spiro atoms. The van der Waals surface area contributed by atoms with E-state index in [0.717, 1.165) is 21.0 Å². The van der Waals surface area contributed by atoms with Crippen LogP contribution in [0.3, 0.4) is 0 Å². The molecule has 0 bridgehead atoms. The molecule has 0 aliphatic heterocycles. The number of sulfonamides is 1. The minimum atomic E-state index is -4.32. The van der Waals surface area contributed by atoms with Gasteiger partial charge in [0.05, 0.1) is 17.7 Å². The minimum absolute atomic E-state index is 0.0170. The van der Waals surface area contributed by atoms with Gasteiger partial charge in [0, 0.05) is 25.1 Å². The molecule has 242 valence electrons. The quantitative estimate of drug-likeness (QED) is 0.187. The normalized spacial score (nSPS) is 11.8. The third-order valence-electron chi connectivity index (χ3n) is 7.61. The molecule has 4 aromatic carbocycles. The maximum atomic E-state index is 15.1. The van der Waals surface area contributed by atoms with E-state index in [1.807, 2.05) is 44.2 Å². The highest BCUT2D eigenvalue weighted by atomic mass is 32.2. The number of amides is 2. The molecule has 4 rings (SSSR count). The van der Waals surface area contributed by atoms with Gasteiger partial charge in [0.2, 0.25) is 11.8 Å². The molecule has 10 heteroatoms. The van der Waals surface area contributed by atoms with Gasteiger partial charge in [0.25, 0.3) is 10.0 Å². The molecule has 46 heavy (non-hydrogen) atoms. The van der Waals surface area contributed by atoms with Crippen LogP contribution in [0.5, 0.6) is 5.75 Å². The van der Waals surface area contributed by atoms with Crippen LogP contribution < -0.4 is 14.4 Å². The molecule has 0 heterocycles. The summed E-state index contributed by atoms with van der Waals surface area (Å²) in [6.07, 6.45) is 0.801.